The van der Waals surface area contributed by atoms with Crippen LogP contribution in [0.25, 0.3) is 0 Å². The number of fused-ring (bicyclic) bond motifs is 2. The molecule has 3 heterocycles. The lowest BCUT2D eigenvalue weighted by molar-refractivity contribution is -0.124. The number of rotatable bonds is 3. The van der Waals surface area contributed by atoms with Crippen LogP contribution in [0, 0.1) is 5.92 Å². The first-order valence-corrected chi connectivity index (χ1v) is 10.7. The zero-order valence-electron chi connectivity index (χ0n) is 17.3. The molecule has 1 aromatic heterocycles. The van der Waals surface area contributed by atoms with E-state index in [-0.39, 0.29) is 17.4 Å². The molecule has 1 unspecified atom stereocenters. The van der Waals surface area contributed by atoms with E-state index in [4.69, 9.17) is 13.9 Å². The molecule has 1 fully saturated rings. The van der Waals surface area contributed by atoms with E-state index in [2.05, 4.69) is 5.32 Å². The molecule has 1 aliphatic carbocycles. The van der Waals surface area contributed by atoms with Crippen molar-refractivity contribution in [2.24, 2.45) is 5.92 Å². The van der Waals surface area contributed by atoms with E-state index in [9.17, 15) is 19.2 Å². The number of anilines is 1. The summed E-state index contributed by atoms with van der Waals surface area (Å²) in [4.78, 5) is 52.9. The van der Waals surface area contributed by atoms with Crippen LogP contribution in [0.4, 0.5) is 10.5 Å². The van der Waals surface area contributed by atoms with Crippen LogP contribution in [0.1, 0.15) is 54.1 Å². The summed E-state index contributed by atoms with van der Waals surface area (Å²) >= 11 is 0. The Morgan fingerprint density at radius 2 is 1.72 bits per heavy atom. The number of ether oxygens (including phenoxy) is 2. The Labute approximate surface area is 183 Å². The molecule has 0 spiro atoms. The van der Waals surface area contributed by atoms with Crippen LogP contribution in [-0.2, 0) is 9.59 Å². The number of nitrogens with one attached hydrogen (secondary N) is 1. The fraction of sp³-hybridized carbons (Fsp3) is 0.391. The Kier molecular flexibility index (Phi) is 5.16. The van der Waals surface area contributed by atoms with Gasteiger partial charge in [0.2, 0.25) is 11.7 Å². The molecule has 4 amide bonds. The number of carbonyl (C=O) groups excluding carboxylic acids is 4. The molecule has 5 rings (SSSR count). The third-order valence-corrected chi connectivity index (χ3v) is 6.15. The Hall–Kier alpha value is -3.62. The molecular formula is C23H22N2O7. The number of urea groups is 1. The zero-order chi connectivity index (χ0) is 22.2. The summed E-state index contributed by atoms with van der Waals surface area (Å²) < 4.78 is 16.4. The van der Waals surface area contributed by atoms with Gasteiger partial charge in [-0.25, -0.2) is 9.69 Å². The van der Waals surface area contributed by atoms with Crippen molar-refractivity contribution in [3.63, 3.8) is 0 Å². The number of amides is 4. The predicted octanol–water partition coefficient (Wildman–Crippen LogP) is 3.18. The number of furan rings is 1. The van der Waals surface area contributed by atoms with Gasteiger partial charge in [-0.2, -0.15) is 0 Å². The quantitative estimate of drug-likeness (QED) is 0.578. The van der Waals surface area contributed by atoms with Crippen LogP contribution < -0.4 is 19.7 Å². The van der Waals surface area contributed by atoms with Gasteiger partial charge in [0, 0.05) is 17.5 Å². The lowest BCUT2D eigenvalue weighted by Gasteiger charge is -2.23. The van der Waals surface area contributed by atoms with E-state index in [0.717, 1.165) is 24.2 Å². The first-order chi connectivity index (χ1) is 15.5. The van der Waals surface area contributed by atoms with Crippen molar-refractivity contribution >= 4 is 29.3 Å². The molecule has 1 saturated carbocycles. The van der Waals surface area contributed by atoms with Gasteiger partial charge < -0.3 is 13.9 Å². The Bertz CT molecular complexity index is 1090. The monoisotopic (exact) mass is 438 g/mol. The van der Waals surface area contributed by atoms with Gasteiger partial charge in [0.1, 0.15) is 19.1 Å². The zero-order valence-corrected chi connectivity index (χ0v) is 17.3. The van der Waals surface area contributed by atoms with Crippen LogP contribution in [-0.4, -0.2) is 36.8 Å². The van der Waals surface area contributed by atoms with Gasteiger partial charge in [-0.05, 0) is 31.0 Å². The van der Waals surface area contributed by atoms with Crippen molar-refractivity contribution in [2.75, 3.05) is 18.1 Å². The maximum atomic E-state index is 13.3. The smallest absolute Gasteiger partial charge is 0.335 e. The maximum Gasteiger partial charge on any atom is 0.335 e. The molecule has 2 aromatic rings. The number of imide groups is 2. The largest absolute Gasteiger partial charge is 0.486 e. The summed E-state index contributed by atoms with van der Waals surface area (Å²) in [5.74, 6) is -2.52. The van der Waals surface area contributed by atoms with Gasteiger partial charge in [-0.1, -0.05) is 19.3 Å². The minimum absolute atomic E-state index is 0.00438. The minimum Gasteiger partial charge on any atom is -0.486 e. The Balaban J connectivity index is 1.49. The predicted molar refractivity (Wildman–Crippen MR) is 111 cm³/mol. The van der Waals surface area contributed by atoms with Crippen molar-refractivity contribution in [1.29, 1.82) is 0 Å². The summed E-state index contributed by atoms with van der Waals surface area (Å²) in [5.41, 5.74) is 0.499. The van der Waals surface area contributed by atoms with Crippen LogP contribution in [0.5, 0.6) is 11.5 Å². The van der Waals surface area contributed by atoms with E-state index in [1.165, 1.54) is 18.4 Å². The van der Waals surface area contributed by atoms with E-state index >= 15 is 0 Å². The van der Waals surface area contributed by atoms with Crippen molar-refractivity contribution in [2.45, 2.75) is 38.0 Å². The number of hydrogen-bond acceptors (Lipinski definition) is 7. The molecule has 166 valence electrons. The average Bonchev–Trinajstić information content (AvgIpc) is 3.43. The molecule has 1 aromatic carbocycles. The number of ketones is 1. The molecule has 0 saturated heterocycles. The highest BCUT2D eigenvalue weighted by molar-refractivity contribution is 6.30. The van der Waals surface area contributed by atoms with E-state index in [1.807, 2.05) is 0 Å². The van der Waals surface area contributed by atoms with Gasteiger partial charge in [-0.15, -0.1) is 0 Å². The highest BCUT2D eigenvalue weighted by Gasteiger charge is 2.47. The number of nitrogens with zero attached hydrogens (tertiary/aromatic N) is 1. The molecular weight excluding hydrogens is 416 g/mol. The maximum absolute atomic E-state index is 13.3. The van der Waals surface area contributed by atoms with Crippen molar-refractivity contribution in [1.82, 2.24) is 5.32 Å². The highest BCUT2D eigenvalue weighted by atomic mass is 16.6. The summed E-state index contributed by atoms with van der Waals surface area (Å²) in [6, 6.07) is 5.18. The Morgan fingerprint density at radius 3 is 2.41 bits per heavy atom. The first-order valence-electron chi connectivity index (χ1n) is 10.7. The summed E-state index contributed by atoms with van der Waals surface area (Å²) in [6.07, 6.45) is 5.69. The third kappa shape index (κ3) is 3.43. The van der Waals surface area contributed by atoms with E-state index in [0.29, 0.717) is 43.1 Å². The molecule has 0 bridgehead atoms. The van der Waals surface area contributed by atoms with Crippen molar-refractivity contribution < 1.29 is 33.1 Å². The SMILES string of the molecule is O=C(NC(=O)N1C(=O)C(C(=O)c2ccco2)c2cc3c(cc21)OCCO3)C1CCCCC1. The minimum atomic E-state index is -1.29. The van der Waals surface area contributed by atoms with E-state index < -0.39 is 29.5 Å². The molecule has 3 aliphatic rings. The first kappa shape index (κ1) is 20.3. The number of benzene rings is 1. The van der Waals surface area contributed by atoms with Crippen molar-refractivity contribution in [3.8, 4) is 11.5 Å². The van der Waals surface area contributed by atoms with Crippen LogP contribution in [0.15, 0.2) is 34.9 Å². The molecule has 0 radical (unpaired) electrons. The average molecular weight is 438 g/mol. The molecule has 32 heavy (non-hydrogen) atoms. The molecule has 9 nitrogen and oxygen atoms in total. The fourth-order valence-corrected chi connectivity index (χ4v) is 4.55. The van der Waals surface area contributed by atoms with Crippen LogP contribution >= 0.6 is 0 Å². The summed E-state index contributed by atoms with van der Waals surface area (Å²) in [7, 11) is 0. The van der Waals surface area contributed by atoms with Gasteiger partial charge in [0.15, 0.2) is 17.3 Å². The molecule has 1 N–H and O–H groups in total. The second kappa shape index (κ2) is 8.14. The summed E-state index contributed by atoms with van der Waals surface area (Å²) in [5, 5.41) is 2.36. The molecule has 1 atom stereocenters. The van der Waals surface area contributed by atoms with Gasteiger partial charge in [0.05, 0.1) is 12.0 Å². The van der Waals surface area contributed by atoms with E-state index in [1.54, 1.807) is 12.1 Å². The fourth-order valence-electron chi connectivity index (χ4n) is 4.55. The number of hydrogen-bond donors (Lipinski definition) is 1. The van der Waals surface area contributed by atoms with Crippen LogP contribution in [0.3, 0.4) is 0 Å². The second-order valence-electron chi connectivity index (χ2n) is 8.13. The van der Waals surface area contributed by atoms with Crippen molar-refractivity contribution in [3.05, 3.63) is 41.9 Å². The summed E-state index contributed by atoms with van der Waals surface area (Å²) in [6.45, 7) is 0.650. The standard InChI is InChI=1S/C23H22N2O7/c26-20(16-7-4-8-30-16)19-14-11-17-18(32-10-9-31-17)12-15(14)25(22(19)28)23(29)24-21(27)13-5-2-1-3-6-13/h4,7-8,11-13,19H,1-3,5-6,9-10H2,(H,24,27,29). The molecule has 9 heteroatoms. The highest BCUT2D eigenvalue weighted by Crippen LogP contribution is 2.46. The number of Topliss-reactive ketones (excluding diaryl/α,β-unsaturated/α-hetero) is 1. The lowest BCUT2D eigenvalue weighted by Crippen LogP contribution is -2.47. The number of carbonyl (C=O) groups is 4. The van der Waals surface area contributed by atoms with Gasteiger partial charge in [-0.3, -0.25) is 19.7 Å². The van der Waals surface area contributed by atoms with Gasteiger partial charge >= 0.3 is 6.03 Å². The topological polar surface area (TPSA) is 115 Å². The van der Waals surface area contributed by atoms with Crippen LogP contribution in [0.2, 0.25) is 0 Å². The lowest BCUT2D eigenvalue weighted by atomic mass is 9.89. The molecule has 2 aliphatic heterocycles. The third-order valence-electron chi connectivity index (χ3n) is 6.15. The Morgan fingerprint density at radius 1 is 1.00 bits per heavy atom. The second-order valence-corrected chi connectivity index (χ2v) is 8.13. The normalized spacial score (nSPS) is 20.1. The van der Waals surface area contributed by atoms with Gasteiger partial charge in [0.25, 0.3) is 5.91 Å².